The Morgan fingerprint density at radius 1 is 0.979 bits per heavy atom. The molecule has 1 atom stereocenters. The molecule has 0 saturated carbocycles. The lowest BCUT2D eigenvalue weighted by atomic mass is 9.83. The molecule has 0 amide bonds. The summed E-state index contributed by atoms with van der Waals surface area (Å²) in [5.74, 6) is 0.969. The third-order valence-electron chi connectivity index (χ3n) is 8.35. The minimum atomic E-state index is -0.545. The van der Waals surface area contributed by atoms with Crippen molar-refractivity contribution >= 4 is 57.1 Å². The maximum Gasteiger partial charge on any atom is 0.271 e. The highest BCUT2D eigenvalue weighted by Crippen LogP contribution is 2.42. The van der Waals surface area contributed by atoms with Crippen molar-refractivity contribution in [3.63, 3.8) is 0 Å². The van der Waals surface area contributed by atoms with E-state index >= 15 is 0 Å². The number of aromatic nitrogens is 1. The second kappa shape index (κ2) is 12.8. The summed E-state index contributed by atoms with van der Waals surface area (Å²) in [5, 5.41) is 22.7. The van der Waals surface area contributed by atoms with E-state index in [0.717, 1.165) is 32.4 Å². The van der Waals surface area contributed by atoms with Gasteiger partial charge in [0, 0.05) is 29.8 Å². The number of nitro benzene ring substituents is 2. The Bertz CT molecular complexity index is 2350. The van der Waals surface area contributed by atoms with Crippen LogP contribution in [0.25, 0.3) is 11.8 Å². The van der Waals surface area contributed by atoms with Gasteiger partial charge in [-0.3, -0.25) is 29.6 Å². The van der Waals surface area contributed by atoms with Crippen LogP contribution in [0, 0.1) is 23.8 Å². The van der Waals surface area contributed by atoms with E-state index < -0.39 is 15.9 Å². The van der Waals surface area contributed by atoms with Crippen LogP contribution in [-0.2, 0) is 13.0 Å². The highest BCUT2D eigenvalue weighted by molar-refractivity contribution is 14.1. The number of benzene rings is 4. The SMILES string of the molecule is COc1cc(/C=c2\sc3n(c2=O)C(c2cccc([N+](=O)[O-])c2)C2=C(N=3)c3ccccc3CC2)cc(I)c1OCc1ccc([N+](=O)[O-])cc1. The Morgan fingerprint density at radius 3 is 2.50 bits per heavy atom. The van der Waals surface area contributed by atoms with Gasteiger partial charge in [-0.15, -0.1) is 0 Å². The number of rotatable bonds is 8. The van der Waals surface area contributed by atoms with Crippen LogP contribution in [0.2, 0.25) is 0 Å². The topological polar surface area (TPSA) is 139 Å². The Balaban J connectivity index is 1.30. The number of halogens is 1. The summed E-state index contributed by atoms with van der Waals surface area (Å²) in [6.07, 6.45) is 3.23. The summed E-state index contributed by atoms with van der Waals surface area (Å²) < 4.78 is 14.6. The predicted molar refractivity (Wildman–Crippen MR) is 189 cm³/mol. The van der Waals surface area contributed by atoms with Crippen molar-refractivity contribution in [3.05, 3.63) is 162 Å². The van der Waals surface area contributed by atoms with Crippen LogP contribution in [0.5, 0.6) is 11.5 Å². The monoisotopic (exact) mass is 772 g/mol. The molecule has 0 N–H and O–H groups in total. The molecule has 1 aliphatic carbocycles. The van der Waals surface area contributed by atoms with Crippen LogP contribution in [-0.4, -0.2) is 21.5 Å². The number of hydrogen-bond acceptors (Lipinski definition) is 9. The summed E-state index contributed by atoms with van der Waals surface area (Å²) in [6.45, 7) is 0.174. The number of fused-ring (bicyclic) bond motifs is 3. The van der Waals surface area contributed by atoms with Gasteiger partial charge in [0.15, 0.2) is 16.3 Å². The van der Waals surface area contributed by atoms with E-state index in [1.807, 2.05) is 30.3 Å². The van der Waals surface area contributed by atoms with Crippen molar-refractivity contribution in [2.24, 2.45) is 4.99 Å². The number of thiazole rings is 1. The van der Waals surface area contributed by atoms with E-state index in [2.05, 4.69) is 28.7 Å². The number of hydrogen-bond donors (Lipinski definition) is 0. The smallest absolute Gasteiger partial charge is 0.271 e. The lowest BCUT2D eigenvalue weighted by molar-refractivity contribution is -0.385. The zero-order valence-electron chi connectivity index (χ0n) is 25.3. The fraction of sp³-hybridized carbons (Fsp3) is 0.143. The summed E-state index contributed by atoms with van der Waals surface area (Å²) >= 11 is 3.42. The predicted octanol–water partition coefficient (Wildman–Crippen LogP) is 6.33. The van der Waals surface area contributed by atoms with Gasteiger partial charge in [0.1, 0.15) is 6.61 Å². The Labute approximate surface area is 290 Å². The molecule has 1 aromatic heterocycles. The minimum absolute atomic E-state index is 0.00179. The molecule has 0 spiro atoms. The Hall–Kier alpha value is -5.15. The highest BCUT2D eigenvalue weighted by Gasteiger charge is 2.33. The van der Waals surface area contributed by atoms with Gasteiger partial charge < -0.3 is 9.47 Å². The third-order valence-corrected chi connectivity index (χ3v) is 10.1. The van der Waals surface area contributed by atoms with Crippen molar-refractivity contribution in [1.29, 1.82) is 0 Å². The van der Waals surface area contributed by atoms with Crippen LogP contribution in [0.15, 0.2) is 100 Å². The molecule has 1 unspecified atom stereocenters. The van der Waals surface area contributed by atoms with Crippen LogP contribution in [0.1, 0.15) is 40.3 Å². The summed E-state index contributed by atoms with van der Waals surface area (Å²) in [5.41, 5.74) is 5.80. The molecular formula is C35H25IN4O7S. The Kier molecular flexibility index (Phi) is 8.39. The number of methoxy groups -OCH3 is 1. The zero-order chi connectivity index (χ0) is 33.5. The molecule has 2 aliphatic rings. The molecular weight excluding hydrogens is 747 g/mol. The molecule has 0 bridgehead atoms. The molecule has 0 saturated heterocycles. The third kappa shape index (κ3) is 5.79. The first-order valence-corrected chi connectivity index (χ1v) is 16.7. The zero-order valence-corrected chi connectivity index (χ0v) is 28.3. The second-order valence-corrected chi connectivity index (χ2v) is 13.4. The number of nitro groups is 2. The first-order chi connectivity index (χ1) is 23.2. The molecule has 5 aromatic rings. The van der Waals surface area contributed by atoms with Crippen molar-refractivity contribution in [3.8, 4) is 11.5 Å². The number of non-ortho nitro benzene ring substituents is 2. The maximum absolute atomic E-state index is 14.2. The van der Waals surface area contributed by atoms with Crippen molar-refractivity contribution in [1.82, 2.24) is 4.57 Å². The Morgan fingerprint density at radius 2 is 1.75 bits per heavy atom. The van der Waals surface area contributed by atoms with E-state index in [-0.39, 0.29) is 23.5 Å². The molecule has 0 fully saturated rings. The number of aryl methyl sites for hydroxylation is 1. The van der Waals surface area contributed by atoms with Gasteiger partial charge in [0.25, 0.3) is 16.9 Å². The standard InChI is InChI=1S/C35H25IN4O7S/c1-46-29-16-21(15-28(36)33(29)47-19-20-9-12-24(13-10-20)39(42)43)17-30-34(41)38-32(23-6-4-7-25(18-23)40(44)45)27-14-11-22-5-2-3-8-26(22)31(27)37-35(38)48-30/h2-10,12-13,15-18,32H,11,14,19H2,1H3/b30-17-. The molecule has 7 rings (SSSR count). The molecule has 1 aliphatic heterocycles. The van der Waals surface area contributed by atoms with Crippen LogP contribution >= 0.6 is 33.9 Å². The summed E-state index contributed by atoms with van der Waals surface area (Å²) in [6, 6.07) is 23.8. The van der Waals surface area contributed by atoms with E-state index in [1.165, 1.54) is 42.2 Å². The van der Waals surface area contributed by atoms with Gasteiger partial charge >= 0.3 is 0 Å². The van der Waals surface area contributed by atoms with E-state index in [9.17, 15) is 25.0 Å². The van der Waals surface area contributed by atoms with E-state index in [0.29, 0.717) is 38.4 Å². The molecule has 0 radical (unpaired) electrons. The lowest BCUT2D eigenvalue weighted by Crippen LogP contribution is -2.38. The average molecular weight is 773 g/mol. The molecule has 48 heavy (non-hydrogen) atoms. The highest BCUT2D eigenvalue weighted by atomic mass is 127. The second-order valence-electron chi connectivity index (χ2n) is 11.2. The van der Waals surface area contributed by atoms with Crippen molar-refractivity contribution < 1.29 is 19.3 Å². The fourth-order valence-corrected chi connectivity index (χ4v) is 7.90. The summed E-state index contributed by atoms with van der Waals surface area (Å²) in [4.78, 5) is 41.6. The largest absolute Gasteiger partial charge is 0.493 e. The minimum Gasteiger partial charge on any atom is -0.493 e. The number of allylic oxidation sites excluding steroid dienone is 1. The average Bonchev–Trinajstić information content (AvgIpc) is 3.40. The van der Waals surface area contributed by atoms with E-state index in [4.69, 9.17) is 14.5 Å². The normalized spacial score (nSPS) is 15.2. The van der Waals surface area contributed by atoms with Gasteiger partial charge in [0.05, 0.1) is 36.8 Å². The molecule has 2 heterocycles. The quantitative estimate of drug-likeness (QED) is 0.102. The van der Waals surface area contributed by atoms with Gasteiger partial charge in [-0.05, 0) is 93.6 Å². The number of ether oxygens (including phenoxy) is 2. The number of nitrogens with zero attached hydrogens (tertiary/aromatic N) is 4. The van der Waals surface area contributed by atoms with Gasteiger partial charge in [-0.1, -0.05) is 47.7 Å². The molecule has 13 heteroatoms. The maximum atomic E-state index is 14.2. The van der Waals surface area contributed by atoms with E-state index in [1.54, 1.807) is 41.0 Å². The summed E-state index contributed by atoms with van der Waals surface area (Å²) in [7, 11) is 1.53. The van der Waals surface area contributed by atoms with Crippen molar-refractivity contribution in [2.75, 3.05) is 7.11 Å². The first-order valence-electron chi connectivity index (χ1n) is 14.8. The molecule has 240 valence electrons. The molecule has 4 aromatic carbocycles. The van der Waals surface area contributed by atoms with Gasteiger partial charge in [-0.25, -0.2) is 4.99 Å². The van der Waals surface area contributed by atoms with Crippen LogP contribution in [0.3, 0.4) is 0 Å². The fourth-order valence-electron chi connectivity index (χ4n) is 6.11. The van der Waals surface area contributed by atoms with Crippen LogP contribution < -0.4 is 24.4 Å². The first kappa shape index (κ1) is 31.4. The van der Waals surface area contributed by atoms with Gasteiger partial charge in [0.2, 0.25) is 0 Å². The van der Waals surface area contributed by atoms with Gasteiger partial charge in [-0.2, -0.15) is 0 Å². The molecule has 11 nitrogen and oxygen atoms in total. The lowest BCUT2D eigenvalue weighted by Gasteiger charge is -2.30. The van der Waals surface area contributed by atoms with Crippen molar-refractivity contribution in [2.45, 2.75) is 25.5 Å². The van der Waals surface area contributed by atoms with Crippen LogP contribution in [0.4, 0.5) is 11.4 Å².